The lowest BCUT2D eigenvalue weighted by atomic mass is 9.97. The average Bonchev–Trinajstić information content (AvgIpc) is 4.01. The molecule has 6 heteroatoms. The molecule has 0 atom stereocenters. The predicted molar refractivity (Wildman–Crippen MR) is 237 cm³/mol. The first-order valence-corrected chi connectivity index (χ1v) is 20.1. The van der Waals surface area contributed by atoms with Crippen LogP contribution in [0.1, 0.15) is 5.56 Å². The van der Waals surface area contributed by atoms with Crippen LogP contribution >= 0.6 is 22.7 Å². The topological polar surface area (TPSA) is 38.0 Å². The fourth-order valence-electron chi connectivity index (χ4n) is 9.00. The van der Waals surface area contributed by atoms with Crippen LogP contribution in [0.5, 0.6) is 0 Å². The van der Waals surface area contributed by atoms with Crippen molar-refractivity contribution in [3.8, 4) is 28.6 Å². The van der Waals surface area contributed by atoms with E-state index in [0.717, 1.165) is 44.6 Å². The van der Waals surface area contributed by atoms with E-state index in [4.69, 9.17) is 6.57 Å². The number of fused-ring (bicyclic) bond motifs is 14. The zero-order valence-corrected chi connectivity index (χ0v) is 31.2. The van der Waals surface area contributed by atoms with E-state index in [1.54, 1.807) is 0 Å². The number of rotatable bonds is 3. The summed E-state index contributed by atoms with van der Waals surface area (Å²) >= 11 is 3.63. The first-order chi connectivity index (χ1) is 27.7. The van der Waals surface area contributed by atoms with Gasteiger partial charge in [0.25, 0.3) is 0 Å². The van der Waals surface area contributed by atoms with Crippen LogP contribution in [0.2, 0.25) is 0 Å². The molecule has 258 valence electrons. The summed E-state index contributed by atoms with van der Waals surface area (Å²) < 4.78 is 9.67. The summed E-state index contributed by atoms with van der Waals surface area (Å²) in [5, 5.41) is 20.3. The van der Waals surface area contributed by atoms with Crippen molar-refractivity contribution in [3.05, 3.63) is 175 Å². The highest BCUT2D eigenvalue weighted by Gasteiger charge is 2.22. The molecule has 56 heavy (non-hydrogen) atoms. The van der Waals surface area contributed by atoms with Crippen LogP contribution in [-0.2, 0) is 0 Å². The highest BCUT2D eigenvalue weighted by Crippen LogP contribution is 2.46. The molecular weight excluding hydrogens is 721 g/mol. The van der Waals surface area contributed by atoms with Gasteiger partial charge in [0.2, 0.25) is 0 Å². The van der Waals surface area contributed by atoms with E-state index in [-0.39, 0.29) is 0 Å². The monoisotopic (exact) mass is 746 g/mol. The van der Waals surface area contributed by atoms with Gasteiger partial charge in [-0.15, -0.1) is 22.7 Å². The maximum atomic E-state index is 10.6. The van der Waals surface area contributed by atoms with Crippen molar-refractivity contribution >= 4 is 112 Å². The van der Waals surface area contributed by atoms with Crippen LogP contribution in [0.3, 0.4) is 0 Å². The summed E-state index contributed by atoms with van der Waals surface area (Å²) in [7, 11) is 0. The van der Waals surface area contributed by atoms with Crippen LogP contribution in [-0.4, -0.2) is 9.13 Å². The Hall–Kier alpha value is -7.22. The number of hydrogen-bond acceptors (Lipinski definition) is 3. The van der Waals surface area contributed by atoms with Gasteiger partial charge in [0, 0.05) is 68.6 Å². The van der Waals surface area contributed by atoms with Gasteiger partial charge in [0.1, 0.15) is 0 Å². The van der Waals surface area contributed by atoms with Gasteiger partial charge in [-0.05, 0) is 71.8 Å². The average molecular weight is 747 g/mol. The van der Waals surface area contributed by atoms with Crippen LogP contribution in [0.25, 0.3) is 111 Å². The molecule has 0 radical (unpaired) electrons. The summed E-state index contributed by atoms with van der Waals surface area (Å²) in [6.07, 6.45) is 0. The molecule has 0 aliphatic heterocycles. The molecule has 0 spiro atoms. The Morgan fingerprint density at radius 1 is 0.482 bits per heavy atom. The Labute approximate surface area is 328 Å². The molecule has 4 aromatic heterocycles. The van der Waals surface area contributed by atoms with E-state index >= 15 is 0 Å². The molecule has 0 bridgehead atoms. The van der Waals surface area contributed by atoms with Crippen molar-refractivity contribution in [2.75, 3.05) is 0 Å². The third-order valence-electron chi connectivity index (χ3n) is 11.4. The summed E-state index contributed by atoms with van der Waals surface area (Å²) in [5.74, 6) is 0. The number of para-hydroxylation sites is 2. The zero-order valence-electron chi connectivity index (χ0n) is 29.6. The second kappa shape index (κ2) is 11.6. The van der Waals surface area contributed by atoms with Crippen molar-refractivity contribution in [2.45, 2.75) is 0 Å². The second-order valence-electron chi connectivity index (χ2n) is 14.2. The van der Waals surface area contributed by atoms with Crippen molar-refractivity contribution in [3.63, 3.8) is 0 Å². The smallest absolute Gasteiger partial charge is 0.195 e. The Morgan fingerprint density at radius 2 is 1.05 bits per heavy atom. The minimum absolute atomic E-state index is 0.503. The fourth-order valence-corrected chi connectivity index (χ4v) is 11.3. The summed E-state index contributed by atoms with van der Waals surface area (Å²) in [6.45, 7) is 8.33. The third-order valence-corrected chi connectivity index (χ3v) is 13.7. The molecular formula is C50H26N4S2. The van der Waals surface area contributed by atoms with Crippen molar-refractivity contribution in [2.24, 2.45) is 0 Å². The first kappa shape index (κ1) is 31.2. The number of thiophene rings is 2. The number of aromatic nitrogens is 2. The standard InChI is InChI=1S/C50H26N4S2/c1-52-41-24-20-31(53-42-14-6-2-10-32(42)35-23-25-46-47(48(35)53)38-13-5-9-17-45(38)55-46)27-40(41)39-26-30(19-18-29(39)28-51)54-43-15-7-3-11-33(43)36-21-22-37-34-12-4-8-16-44(34)56-50(37)49(36)54/h2-27H. The van der Waals surface area contributed by atoms with E-state index in [2.05, 4.69) is 160 Å². The van der Waals surface area contributed by atoms with E-state index in [1.807, 2.05) is 40.9 Å². The Balaban J connectivity index is 1.15. The fraction of sp³-hybridized carbons (Fsp3) is 0. The Morgan fingerprint density at radius 3 is 1.79 bits per heavy atom. The minimum atomic E-state index is 0.503. The van der Waals surface area contributed by atoms with Crippen LogP contribution in [0.15, 0.2) is 158 Å². The normalized spacial score (nSPS) is 11.9. The Kier molecular flexibility index (Phi) is 6.48. The van der Waals surface area contributed by atoms with Gasteiger partial charge in [0.05, 0.1) is 45.0 Å². The highest BCUT2D eigenvalue weighted by atomic mass is 32.1. The van der Waals surface area contributed by atoms with Crippen LogP contribution < -0.4 is 0 Å². The maximum Gasteiger partial charge on any atom is 0.195 e. The lowest BCUT2D eigenvalue weighted by molar-refractivity contribution is 1.18. The van der Waals surface area contributed by atoms with E-state index in [1.165, 1.54) is 61.9 Å². The van der Waals surface area contributed by atoms with Crippen molar-refractivity contribution in [1.29, 1.82) is 5.26 Å². The van der Waals surface area contributed by atoms with Gasteiger partial charge in [-0.2, -0.15) is 5.26 Å². The largest absolute Gasteiger partial charge is 0.309 e. The van der Waals surface area contributed by atoms with Crippen LogP contribution in [0.4, 0.5) is 5.69 Å². The molecule has 12 aromatic rings. The number of hydrogen-bond donors (Lipinski definition) is 0. The molecule has 8 aromatic carbocycles. The highest BCUT2D eigenvalue weighted by molar-refractivity contribution is 7.26. The SMILES string of the molecule is [C-]#[N+]c1ccc(-n2c3ccccc3c3ccc4sc5ccccc5c4c32)cc1-c1cc(-n2c3ccccc3c3ccc4c5ccccc5sc4c32)ccc1C#N. The predicted octanol–water partition coefficient (Wildman–Crippen LogP) is 14.7. The molecule has 0 saturated heterocycles. The first-order valence-electron chi connectivity index (χ1n) is 18.4. The molecule has 0 saturated carbocycles. The van der Waals surface area contributed by atoms with E-state index < -0.39 is 0 Å². The third kappa shape index (κ3) is 4.20. The van der Waals surface area contributed by atoms with Crippen molar-refractivity contribution < 1.29 is 0 Å². The maximum absolute atomic E-state index is 10.6. The van der Waals surface area contributed by atoms with Crippen molar-refractivity contribution in [1.82, 2.24) is 9.13 Å². The number of nitrogens with zero attached hydrogens (tertiary/aromatic N) is 4. The minimum Gasteiger partial charge on any atom is -0.309 e. The van der Waals surface area contributed by atoms with E-state index in [9.17, 15) is 5.26 Å². The molecule has 0 aliphatic rings. The molecule has 0 unspecified atom stereocenters. The molecule has 0 fully saturated rings. The van der Waals surface area contributed by atoms with Gasteiger partial charge in [-0.25, -0.2) is 4.85 Å². The zero-order chi connectivity index (χ0) is 37.1. The quantitative estimate of drug-likeness (QED) is 0.166. The van der Waals surface area contributed by atoms with Gasteiger partial charge in [0.15, 0.2) is 5.69 Å². The molecule has 0 aliphatic carbocycles. The lowest BCUT2D eigenvalue weighted by Gasteiger charge is -2.15. The summed E-state index contributed by atoms with van der Waals surface area (Å²) in [4.78, 5) is 4.04. The molecule has 4 heterocycles. The molecule has 0 amide bonds. The summed E-state index contributed by atoms with van der Waals surface area (Å²) in [5.41, 5.74) is 8.88. The lowest BCUT2D eigenvalue weighted by Crippen LogP contribution is -1.98. The van der Waals surface area contributed by atoms with E-state index in [0.29, 0.717) is 11.3 Å². The van der Waals surface area contributed by atoms with Gasteiger partial charge < -0.3 is 9.13 Å². The molecule has 12 rings (SSSR count). The molecule has 4 nitrogen and oxygen atoms in total. The second-order valence-corrected chi connectivity index (χ2v) is 16.4. The van der Waals surface area contributed by atoms with Crippen LogP contribution in [0, 0.1) is 17.9 Å². The molecule has 0 N–H and O–H groups in total. The van der Waals surface area contributed by atoms with Gasteiger partial charge in [-0.3, -0.25) is 0 Å². The number of benzene rings is 8. The van der Waals surface area contributed by atoms with Gasteiger partial charge >= 0.3 is 0 Å². The summed E-state index contributed by atoms with van der Waals surface area (Å²) in [6, 6.07) is 58.0. The number of nitriles is 1. The Bertz CT molecular complexity index is 3750. The van der Waals surface area contributed by atoms with Gasteiger partial charge in [-0.1, -0.05) is 97.1 Å².